The Morgan fingerprint density at radius 3 is 2.36 bits per heavy atom. The molecule has 2 fully saturated rings. The fourth-order valence-electron chi connectivity index (χ4n) is 7.38. The van der Waals surface area contributed by atoms with Crippen molar-refractivity contribution in [2.45, 2.75) is 116 Å². The first-order valence-corrected chi connectivity index (χ1v) is 16.4. The minimum Gasteiger partial charge on any atom is -0.685 e. The Kier molecular flexibility index (Phi) is 10.4. The third-order valence-electron chi connectivity index (χ3n) is 9.60. The maximum absolute atomic E-state index is 4.85. The summed E-state index contributed by atoms with van der Waals surface area (Å²) in [4.78, 5) is 14.0. The summed E-state index contributed by atoms with van der Waals surface area (Å²) < 4.78 is 0. The molecular formula is C39H46IrN4-2. The van der Waals surface area contributed by atoms with Crippen molar-refractivity contribution in [1.82, 2.24) is 9.97 Å². The van der Waals surface area contributed by atoms with E-state index < -0.39 is 0 Å². The third kappa shape index (κ3) is 7.00. The first-order valence-electron chi connectivity index (χ1n) is 16.4. The zero-order valence-electron chi connectivity index (χ0n) is 27.0. The Hall–Kier alpha value is -2.88. The van der Waals surface area contributed by atoms with Gasteiger partial charge in [0, 0.05) is 31.5 Å². The van der Waals surface area contributed by atoms with Crippen LogP contribution in [0.2, 0.25) is 0 Å². The molecule has 0 amide bonds. The van der Waals surface area contributed by atoms with Gasteiger partial charge in [0.25, 0.3) is 0 Å². The van der Waals surface area contributed by atoms with E-state index in [0.29, 0.717) is 12.1 Å². The van der Waals surface area contributed by atoms with Gasteiger partial charge in [-0.25, -0.2) is 4.98 Å². The molecule has 1 heterocycles. The molecule has 4 nitrogen and oxygen atoms in total. The average Bonchev–Trinajstić information content (AvgIpc) is 3.00. The number of benzene rings is 3. The van der Waals surface area contributed by atoms with Crippen LogP contribution in [0.1, 0.15) is 109 Å². The minimum atomic E-state index is -0.0994. The zero-order chi connectivity index (χ0) is 30.0. The van der Waals surface area contributed by atoms with Crippen LogP contribution in [0.5, 0.6) is 0 Å². The molecule has 0 unspecified atom stereocenters. The van der Waals surface area contributed by atoms with Gasteiger partial charge in [0.2, 0.25) is 0 Å². The summed E-state index contributed by atoms with van der Waals surface area (Å²) in [7, 11) is 0. The monoisotopic (exact) mass is 763 g/mol. The number of aromatic nitrogens is 2. The molecule has 7 rings (SSSR count). The van der Waals surface area contributed by atoms with E-state index in [1.54, 1.807) is 6.33 Å². The quantitative estimate of drug-likeness (QED) is 0.154. The number of fused-ring (bicyclic) bond motifs is 3. The summed E-state index contributed by atoms with van der Waals surface area (Å²) in [5.74, 6) is 0. The van der Waals surface area contributed by atoms with Gasteiger partial charge in [-0.3, -0.25) is 9.98 Å². The summed E-state index contributed by atoms with van der Waals surface area (Å²) in [6.07, 6.45) is 17.2. The van der Waals surface area contributed by atoms with Crippen LogP contribution < -0.4 is 0 Å². The molecule has 0 spiro atoms. The number of aryl methyl sites for hydroxylation is 1. The van der Waals surface area contributed by atoms with Crippen LogP contribution in [-0.2, 0) is 25.5 Å². The Bertz CT molecular complexity index is 1670. The van der Waals surface area contributed by atoms with Crippen LogP contribution in [-0.4, -0.2) is 27.8 Å². The Labute approximate surface area is 277 Å². The molecule has 2 saturated carbocycles. The van der Waals surface area contributed by atoms with Crippen molar-refractivity contribution in [2.75, 3.05) is 0 Å². The largest absolute Gasteiger partial charge is 0.685 e. The van der Waals surface area contributed by atoms with Gasteiger partial charge in [-0.15, -0.1) is 29.6 Å². The van der Waals surface area contributed by atoms with Crippen LogP contribution in [0.3, 0.4) is 0 Å². The van der Waals surface area contributed by atoms with Crippen molar-refractivity contribution in [3.63, 3.8) is 0 Å². The van der Waals surface area contributed by atoms with Crippen LogP contribution in [0.25, 0.3) is 38.2 Å². The fourth-order valence-corrected chi connectivity index (χ4v) is 7.38. The van der Waals surface area contributed by atoms with Crippen LogP contribution in [0, 0.1) is 13.0 Å². The van der Waals surface area contributed by atoms with Gasteiger partial charge >= 0.3 is 0 Å². The second-order valence-electron chi connectivity index (χ2n) is 13.5. The summed E-state index contributed by atoms with van der Waals surface area (Å²) in [6.45, 7) is 11.0. The van der Waals surface area contributed by atoms with Crippen molar-refractivity contribution in [2.24, 2.45) is 4.99 Å². The molecule has 233 valence electrons. The average molecular weight is 763 g/mol. The Balaban J connectivity index is 0.000000176. The van der Waals surface area contributed by atoms with Crippen LogP contribution >= 0.6 is 0 Å². The molecule has 44 heavy (non-hydrogen) atoms. The predicted molar refractivity (Wildman–Crippen MR) is 182 cm³/mol. The topological polar surface area (TPSA) is 52.2 Å². The smallest absolute Gasteiger partial charge is 0.108 e. The Morgan fingerprint density at radius 1 is 0.909 bits per heavy atom. The molecule has 3 aliphatic rings. The van der Waals surface area contributed by atoms with Gasteiger partial charge in [0.05, 0.1) is 11.6 Å². The number of allylic oxidation sites excluding steroid dienone is 2. The molecule has 4 aromatic rings. The van der Waals surface area contributed by atoms with Gasteiger partial charge in [-0.05, 0) is 54.7 Å². The van der Waals surface area contributed by atoms with E-state index in [4.69, 9.17) is 10.3 Å². The first-order chi connectivity index (χ1) is 20.8. The van der Waals surface area contributed by atoms with Gasteiger partial charge in [-0.1, -0.05) is 119 Å². The van der Waals surface area contributed by atoms with Crippen molar-refractivity contribution in [3.05, 3.63) is 88.6 Å². The molecule has 1 radical (unpaired) electrons. The first kappa shape index (κ1) is 32.5. The van der Waals surface area contributed by atoms with E-state index in [-0.39, 0.29) is 25.5 Å². The van der Waals surface area contributed by atoms with Gasteiger partial charge < -0.3 is 5.32 Å². The second-order valence-corrected chi connectivity index (χ2v) is 13.5. The van der Waals surface area contributed by atoms with Crippen molar-refractivity contribution in [3.8, 4) is 11.3 Å². The van der Waals surface area contributed by atoms with Crippen molar-refractivity contribution >= 4 is 27.4 Å². The van der Waals surface area contributed by atoms with Gasteiger partial charge in [0.1, 0.15) is 6.33 Å². The summed E-state index contributed by atoms with van der Waals surface area (Å²) in [6, 6.07) is 19.9. The van der Waals surface area contributed by atoms with E-state index in [2.05, 4.69) is 99.2 Å². The number of hydrogen-bond acceptors (Lipinski definition) is 3. The van der Waals surface area contributed by atoms with Crippen LogP contribution in [0.4, 0.5) is 0 Å². The number of rotatable bonds is 4. The van der Waals surface area contributed by atoms with E-state index in [1.807, 2.05) is 0 Å². The molecule has 0 saturated heterocycles. The van der Waals surface area contributed by atoms with Crippen LogP contribution in [0.15, 0.2) is 65.6 Å². The van der Waals surface area contributed by atoms with E-state index in [1.165, 1.54) is 103 Å². The van der Waals surface area contributed by atoms with Crippen molar-refractivity contribution in [1.29, 1.82) is 0 Å². The zero-order valence-corrected chi connectivity index (χ0v) is 29.4. The summed E-state index contributed by atoms with van der Waals surface area (Å²) >= 11 is 0. The van der Waals surface area contributed by atoms with E-state index in [9.17, 15) is 0 Å². The standard InChI is InChI=1S/C22H17N2.C17H29N2.Ir/c1-13-8-18-20-19(9-13)23-12-24-21(20)16-10-14-6-4-5-7-15(14)11-17(16)22(18,2)3;1-14(18-16-9-5-3-6-10-16)13-15(2)19-17-11-7-4-8-12-17;/h4-9,11-12H,1-3H3;13,16-17H,3-12H2,1-2H3;/q2*-1;/b;14-13-,19-15?;. The maximum Gasteiger partial charge on any atom is 0.108 e. The maximum atomic E-state index is 4.85. The van der Waals surface area contributed by atoms with E-state index >= 15 is 0 Å². The van der Waals surface area contributed by atoms with Gasteiger partial charge in [-0.2, -0.15) is 5.70 Å². The number of aliphatic imine (C=N–C) groups is 1. The number of hydrogen-bond donors (Lipinski definition) is 0. The molecule has 3 aromatic carbocycles. The fraction of sp³-hybridized carbons (Fsp3) is 0.462. The summed E-state index contributed by atoms with van der Waals surface area (Å²) in [5.41, 5.74) is 9.23. The minimum absolute atomic E-state index is 0. The number of nitrogens with zero attached hydrogens (tertiary/aromatic N) is 4. The molecule has 3 aliphatic carbocycles. The normalized spacial score (nSPS) is 18.7. The molecule has 5 heteroatoms. The van der Waals surface area contributed by atoms with Gasteiger partial charge in [0.15, 0.2) is 0 Å². The Morgan fingerprint density at radius 2 is 1.61 bits per heavy atom. The third-order valence-corrected chi connectivity index (χ3v) is 9.60. The van der Waals surface area contributed by atoms with E-state index in [0.717, 1.165) is 22.2 Å². The van der Waals surface area contributed by atoms with Crippen molar-refractivity contribution < 1.29 is 20.1 Å². The second kappa shape index (κ2) is 14.0. The molecule has 1 aromatic heterocycles. The molecular weight excluding hydrogens is 717 g/mol. The summed E-state index contributed by atoms with van der Waals surface area (Å²) in [5, 5.41) is 8.38. The molecule has 0 N–H and O–H groups in total. The predicted octanol–water partition coefficient (Wildman–Crippen LogP) is 10.6. The SMILES string of the molecule is CC(/C=C(/C)[N-]C1CCCCC1)=NC1CCCCC1.Cc1cc2c3c(ncnc3c1)-c1[c-]c3ccccc3cc1C2(C)C.[Ir]. The molecule has 0 atom stereocenters. The molecule has 0 bridgehead atoms. The molecule has 0 aliphatic heterocycles.